The van der Waals surface area contributed by atoms with Crippen LogP contribution in [0.2, 0.25) is 15.1 Å². The van der Waals surface area contributed by atoms with E-state index in [2.05, 4.69) is 5.32 Å². The molecule has 0 heterocycles. The third-order valence-electron chi connectivity index (χ3n) is 2.54. The second-order valence-electron chi connectivity index (χ2n) is 4.10. The molecule has 104 valence electrons. The number of halogens is 4. The summed E-state index contributed by atoms with van der Waals surface area (Å²) in [6.07, 6.45) is 0.0360. The van der Waals surface area contributed by atoms with E-state index in [0.29, 0.717) is 16.3 Å². The number of hydrogen-bond donors (Lipinski definition) is 1. The van der Waals surface area contributed by atoms with Crippen molar-refractivity contribution in [3.63, 3.8) is 0 Å². The average molecular weight is 333 g/mol. The standard InChI is InChI=1S/C14H9Cl3FNO/c15-10-6-12(17)13(7-11(10)16)19-14(20)5-8-2-1-3-9(18)4-8/h1-4,6-7H,5H2,(H,19,20). The Bertz CT molecular complexity index is 661. The number of anilines is 1. The lowest BCUT2D eigenvalue weighted by atomic mass is 10.1. The summed E-state index contributed by atoms with van der Waals surface area (Å²) in [6.45, 7) is 0. The van der Waals surface area contributed by atoms with E-state index in [0.717, 1.165) is 0 Å². The number of carbonyl (C=O) groups excluding carboxylic acids is 1. The van der Waals surface area contributed by atoms with Crippen LogP contribution >= 0.6 is 34.8 Å². The zero-order valence-electron chi connectivity index (χ0n) is 10.1. The van der Waals surface area contributed by atoms with Crippen molar-refractivity contribution in [2.45, 2.75) is 6.42 Å². The third-order valence-corrected chi connectivity index (χ3v) is 3.57. The van der Waals surface area contributed by atoms with E-state index >= 15 is 0 Å². The zero-order valence-corrected chi connectivity index (χ0v) is 12.4. The Morgan fingerprint density at radius 2 is 1.75 bits per heavy atom. The van der Waals surface area contributed by atoms with Crippen molar-refractivity contribution in [2.75, 3.05) is 5.32 Å². The van der Waals surface area contributed by atoms with Gasteiger partial charge in [-0.15, -0.1) is 0 Å². The van der Waals surface area contributed by atoms with E-state index in [1.54, 1.807) is 12.1 Å². The Hall–Kier alpha value is -1.29. The van der Waals surface area contributed by atoms with E-state index in [4.69, 9.17) is 34.8 Å². The number of carbonyl (C=O) groups is 1. The minimum Gasteiger partial charge on any atom is -0.324 e. The maximum atomic E-state index is 13.0. The van der Waals surface area contributed by atoms with Gasteiger partial charge in [0.2, 0.25) is 5.91 Å². The summed E-state index contributed by atoms with van der Waals surface area (Å²) in [4.78, 5) is 11.9. The van der Waals surface area contributed by atoms with Crippen molar-refractivity contribution in [2.24, 2.45) is 0 Å². The molecule has 6 heteroatoms. The van der Waals surface area contributed by atoms with Gasteiger partial charge in [-0.25, -0.2) is 4.39 Å². The Kier molecular flexibility index (Phi) is 4.86. The number of nitrogens with one attached hydrogen (secondary N) is 1. The highest BCUT2D eigenvalue weighted by molar-refractivity contribution is 6.44. The van der Waals surface area contributed by atoms with Gasteiger partial charge >= 0.3 is 0 Å². The molecule has 0 radical (unpaired) electrons. The maximum absolute atomic E-state index is 13.0. The van der Waals surface area contributed by atoms with Crippen LogP contribution in [-0.4, -0.2) is 5.91 Å². The Balaban J connectivity index is 2.10. The smallest absolute Gasteiger partial charge is 0.228 e. The largest absolute Gasteiger partial charge is 0.324 e. The molecule has 0 bridgehead atoms. The summed E-state index contributed by atoms with van der Waals surface area (Å²) in [5.74, 6) is -0.709. The van der Waals surface area contributed by atoms with Gasteiger partial charge in [0, 0.05) is 0 Å². The van der Waals surface area contributed by atoms with Crippen LogP contribution in [0.5, 0.6) is 0 Å². The summed E-state index contributed by atoms with van der Waals surface area (Å²) in [6, 6.07) is 8.75. The van der Waals surface area contributed by atoms with Gasteiger partial charge in [0.05, 0.1) is 27.2 Å². The molecule has 1 amide bonds. The van der Waals surface area contributed by atoms with Gasteiger partial charge in [0.15, 0.2) is 0 Å². The van der Waals surface area contributed by atoms with E-state index in [-0.39, 0.29) is 28.2 Å². The van der Waals surface area contributed by atoms with Crippen molar-refractivity contribution >= 4 is 46.4 Å². The fraction of sp³-hybridized carbons (Fsp3) is 0.0714. The molecule has 20 heavy (non-hydrogen) atoms. The van der Waals surface area contributed by atoms with E-state index in [1.165, 1.54) is 24.3 Å². The first-order valence-electron chi connectivity index (χ1n) is 5.64. The minimum absolute atomic E-state index is 0.0360. The van der Waals surface area contributed by atoms with Crippen LogP contribution in [0.4, 0.5) is 10.1 Å². The van der Waals surface area contributed by atoms with E-state index < -0.39 is 0 Å². The van der Waals surface area contributed by atoms with Gasteiger partial charge in [0.1, 0.15) is 5.82 Å². The van der Waals surface area contributed by atoms with Crippen LogP contribution in [0.3, 0.4) is 0 Å². The molecule has 2 rings (SSSR count). The summed E-state index contributed by atoms with van der Waals surface area (Å²) in [7, 11) is 0. The van der Waals surface area contributed by atoms with Gasteiger partial charge in [0.25, 0.3) is 0 Å². The fourth-order valence-electron chi connectivity index (χ4n) is 1.65. The molecule has 0 unspecified atom stereocenters. The number of benzene rings is 2. The summed E-state index contributed by atoms with van der Waals surface area (Å²) < 4.78 is 13.0. The molecular weight excluding hydrogens is 324 g/mol. The maximum Gasteiger partial charge on any atom is 0.228 e. The normalized spacial score (nSPS) is 10.4. The second kappa shape index (κ2) is 6.44. The molecule has 0 atom stereocenters. The Labute approximate surface area is 130 Å². The second-order valence-corrected chi connectivity index (χ2v) is 5.32. The minimum atomic E-state index is -0.386. The molecule has 0 aliphatic carbocycles. The SMILES string of the molecule is O=C(Cc1cccc(F)c1)Nc1cc(Cl)c(Cl)cc1Cl. The van der Waals surface area contributed by atoms with Gasteiger partial charge in [-0.1, -0.05) is 46.9 Å². The van der Waals surface area contributed by atoms with E-state index in [1.807, 2.05) is 0 Å². The van der Waals surface area contributed by atoms with Crippen molar-refractivity contribution in [1.82, 2.24) is 0 Å². The molecule has 0 fully saturated rings. The van der Waals surface area contributed by atoms with Crippen molar-refractivity contribution in [3.05, 3.63) is 62.8 Å². The van der Waals surface area contributed by atoms with Crippen LogP contribution in [0.25, 0.3) is 0 Å². The molecule has 0 spiro atoms. The molecule has 2 nitrogen and oxygen atoms in total. The molecule has 1 N–H and O–H groups in total. The number of rotatable bonds is 3. The van der Waals surface area contributed by atoms with E-state index in [9.17, 15) is 9.18 Å². The zero-order chi connectivity index (χ0) is 14.7. The molecule has 0 saturated heterocycles. The summed E-state index contributed by atoms with van der Waals surface area (Å²) in [5.41, 5.74) is 0.932. The van der Waals surface area contributed by atoms with Gasteiger partial charge in [-0.2, -0.15) is 0 Å². The van der Waals surface area contributed by atoms with Gasteiger partial charge in [-0.3, -0.25) is 4.79 Å². The van der Waals surface area contributed by atoms with Crippen molar-refractivity contribution < 1.29 is 9.18 Å². The highest BCUT2D eigenvalue weighted by Gasteiger charge is 2.10. The first kappa shape index (κ1) is 15.1. The molecule has 2 aromatic carbocycles. The lowest BCUT2D eigenvalue weighted by Crippen LogP contribution is -2.14. The highest BCUT2D eigenvalue weighted by atomic mass is 35.5. The topological polar surface area (TPSA) is 29.1 Å². The number of hydrogen-bond acceptors (Lipinski definition) is 1. The molecule has 0 saturated carbocycles. The average Bonchev–Trinajstić information content (AvgIpc) is 2.36. The molecule has 0 aromatic heterocycles. The highest BCUT2D eigenvalue weighted by Crippen LogP contribution is 2.32. The first-order valence-corrected chi connectivity index (χ1v) is 6.78. The quantitative estimate of drug-likeness (QED) is 0.790. The van der Waals surface area contributed by atoms with Crippen molar-refractivity contribution in [3.8, 4) is 0 Å². The lowest BCUT2D eigenvalue weighted by molar-refractivity contribution is -0.115. The molecular formula is C14H9Cl3FNO. The Morgan fingerprint density at radius 3 is 2.45 bits per heavy atom. The first-order chi connectivity index (χ1) is 9.45. The predicted octanol–water partition coefficient (Wildman–Crippen LogP) is 4.97. The Morgan fingerprint density at radius 1 is 1.05 bits per heavy atom. The molecule has 2 aromatic rings. The van der Waals surface area contributed by atoms with Gasteiger partial charge < -0.3 is 5.32 Å². The third kappa shape index (κ3) is 3.85. The summed E-state index contributed by atoms with van der Waals surface area (Å²) in [5, 5.41) is 3.49. The summed E-state index contributed by atoms with van der Waals surface area (Å²) >= 11 is 17.6. The predicted molar refractivity (Wildman–Crippen MR) is 80.2 cm³/mol. The van der Waals surface area contributed by atoms with Crippen LogP contribution in [0, 0.1) is 5.82 Å². The van der Waals surface area contributed by atoms with Crippen LogP contribution in [0.1, 0.15) is 5.56 Å². The monoisotopic (exact) mass is 331 g/mol. The lowest BCUT2D eigenvalue weighted by Gasteiger charge is -2.09. The fourth-order valence-corrected chi connectivity index (χ4v) is 2.24. The van der Waals surface area contributed by atoms with Gasteiger partial charge in [-0.05, 0) is 29.8 Å². The van der Waals surface area contributed by atoms with Crippen LogP contribution in [-0.2, 0) is 11.2 Å². The number of amides is 1. The van der Waals surface area contributed by atoms with Crippen LogP contribution in [0.15, 0.2) is 36.4 Å². The molecule has 0 aliphatic rings. The van der Waals surface area contributed by atoms with Crippen LogP contribution < -0.4 is 5.32 Å². The van der Waals surface area contributed by atoms with Crippen molar-refractivity contribution in [1.29, 1.82) is 0 Å². The molecule has 0 aliphatic heterocycles.